The molecule has 0 aliphatic heterocycles. The Morgan fingerprint density at radius 3 is 2.70 bits per heavy atom. The maximum Gasteiger partial charge on any atom is 0.150 e. The van der Waals surface area contributed by atoms with Gasteiger partial charge in [-0.25, -0.2) is 8.42 Å². The van der Waals surface area contributed by atoms with Crippen molar-refractivity contribution >= 4 is 9.84 Å². The van der Waals surface area contributed by atoms with Gasteiger partial charge in [-0.05, 0) is 37.0 Å². The molecule has 4 nitrogen and oxygen atoms in total. The third-order valence-corrected chi connectivity index (χ3v) is 4.61. The first-order valence-corrected chi connectivity index (χ1v) is 8.58. The van der Waals surface area contributed by atoms with Crippen molar-refractivity contribution in [2.75, 3.05) is 18.1 Å². The van der Waals surface area contributed by atoms with Crippen LogP contribution in [-0.2, 0) is 9.84 Å². The van der Waals surface area contributed by atoms with E-state index < -0.39 is 9.84 Å². The number of nitriles is 1. The summed E-state index contributed by atoms with van der Waals surface area (Å²) in [5.74, 6) is 1.39. The van der Waals surface area contributed by atoms with Crippen LogP contribution < -0.4 is 4.74 Å². The van der Waals surface area contributed by atoms with Crippen LogP contribution in [0.3, 0.4) is 0 Å². The zero-order valence-electron chi connectivity index (χ0n) is 12.0. The third kappa shape index (κ3) is 6.58. The summed E-state index contributed by atoms with van der Waals surface area (Å²) in [6.07, 6.45) is 1.17. The van der Waals surface area contributed by atoms with E-state index in [0.29, 0.717) is 36.7 Å². The number of ether oxygens (including phenoxy) is 1. The van der Waals surface area contributed by atoms with Crippen LogP contribution in [0.1, 0.15) is 32.3 Å². The molecule has 0 bridgehead atoms. The van der Waals surface area contributed by atoms with E-state index in [4.69, 9.17) is 10.00 Å². The molecule has 1 aromatic carbocycles. The fraction of sp³-hybridized carbons (Fsp3) is 0.533. The average molecular weight is 295 g/mol. The predicted molar refractivity (Wildman–Crippen MR) is 79.4 cm³/mol. The maximum atomic E-state index is 11.7. The molecule has 0 atom stereocenters. The van der Waals surface area contributed by atoms with Crippen molar-refractivity contribution in [3.05, 3.63) is 29.8 Å². The lowest BCUT2D eigenvalue weighted by atomic mass is 10.2. The number of sulfone groups is 1. The van der Waals surface area contributed by atoms with Crippen molar-refractivity contribution in [3.8, 4) is 11.8 Å². The highest BCUT2D eigenvalue weighted by Crippen LogP contribution is 2.13. The Kier molecular flexibility index (Phi) is 6.53. The maximum absolute atomic E-state index is 11.7. The average Bonchev–Trinajstić information content (AvgIpc) is 2.42. The number of benzene rings is 1. The SMILES string of the molecule is CC(C)CCS(=O)(=O)CCCOc1cccc(C#N)c1. The molecule has 0 heterocycles. The van der Waals surface area contributed by atoms with Gasteiger partial charge in [-0.15, -0.1) is 0 Å². The van der Waals surface area contributed by atoms with Gasteiger partial charge >= 0.3 is 0 Å². The van der Waals surface area contributed by atoms with Gasteiger partial charge in [0.25, 0.3) is 0 Å². The lowest BCUT2D eigenvalue weighted by Crippen LogP contribution is -2.15. The second-order valence-electron chi connectivity index (χ2n) is 5.18. The van der Waals surface area contributed by atoms with Crippen LogP contribution in [0.25, 0.3) is 0 Å². The van der Waals surface area contributed by atoms with Crippen molar-refractivity contribution < 1.29 is 13.2 Å². The molecule has 20 heavy (non-hydrogen) atoms. The van der Waals surface area contributed by atoms with Gasteiger partial charge in [0.1, 0.15) is 15.6 Å². The molecule has 0 aromatic heterocycles. The highest BCUT2D eigenvalue weighted by Gasteiger charge is 2.11. The summed E-state index contributed by atoms with van der Waals surface area (Å²) < 4.78 is 29.0. The van der Waals surface area contributed by atoms with E-state index in [0.717, 1.165) is 0 Å². The molecule has 0 radical (unpaired) electrons. The van der Waals surface area contributed by atoms with Crippen LogP contribution in [0.4, 0.5) is 0 Å². The highest BCUT2D eigenvalue weighted by molar-refractivity contribution is 7.91. The van der Waals surface area contributed by atoms with E-state index in [1.165, 1.54) is 0 Å². The monoisotopic (exact) mass is 295 g/mol. The molecule has 0 fully saturated rings. The standard InChI is InChI=1S/C15H21NO3S/c1-13(2)7-10-20(17,18)9-4-8-19-15-6-3-5-14(11-15)12-16/h3,5-6,11,13H,4,7-10H2,1-2H3. The molecule has 1 rings (SSSR count). The number of hydrogen-bond donors (Lipinski definition) is 0. The second kappa shape index (κ2) is 7.91. The number of hydrogen-bond acceptors (Lipinski definition) is 4. The second-order valence-corrected chi connectivity index (χ2v) is 7.48. The lowest BCUT2D eigenvalue weighted by molar-refractivity contribution is 0.317. The van der Waals surface area contributed by atoms with Crippen molar-refractivity contribution in [1.82, 2.24) is 0 Å². The van der Waals surface area contributed by atoms with E-state index in [9.17, 15) is 8.42 Å². The molecule has 0 aliphatic rings. The van der Waals surface area contributed by atoms with Gasteiger partial charge in [-0.1, -0.05) is 19.9 Å². The highest BCUT2D eigenvalue weighted by atomic mass is 32.2. The summed E-state index contributed by atoms with van der Waals surface area (Å²) in [5, 5.41) is 8.76. The first-order chi connectivity index (χ1) is 9.43. The van der Waals surface area contributed by atoms with Crippen molar-refractivity contribution in [1.29, 1.82) is 5.26 Å². The minimum absolute atomic E-state index is 0.150. The molecular weight excluding hydrogens is 274 g/mol. The molecule has 0 saturated heterocycles. The first kappa shape index (κ1) is 16.5. The molecule has 0 spiro atoms. The largest absolute Gasteiger partial charge is 0.494 e. The Bertz CT molecular complexity index is 559. The quantitative estimate of drug-likeness (QED) is 0.692. The summed E-state index contributed by atoms with van der Waals surface area (Å²) in [6.45, 7) is 4.37. The normalized spacial score (nSPS) is 11.3. The minimum atomic E-state index is -2.98. The molecular formula is C15H21NO3S. The summed E-state index contributed by atoms with van der Waals surface area (Å²) in [6, 6.07) is 8.88. The summed E-state index contributed by atoms with van der Waals surface area (Å²) >= 11 is 0. The zero-order valence-corrected chi connectivity index (χ0v) is 12.8. The van der Waals surface area contributed by atoms with E-state index in [-0.39, 0.29) is 11.5 Å². The van der Waals surface area contributed by atoms with Crippen molar-refractivity contribution in [2.45, 2.75) is 26.7 Å². The number of rotatable bonds is 8. The Hall–Kier alpha value is -1.54. The Balaban J connectivity index is 2.32. The van der Waals surface area contributed by atoms with Gasteiger partial charge in [0.15, 0.2) is 0 Å². The molecule has 5 heteroatoms. The molecule has 0 saturated carbocycles. The first-order valence-electron chi connectivity index (χ1n) is 6.76. The van der Waals surface area contributed by atoms with Gasteiger partial charge < -0.3 is 4.74 Å². The van der Waals surface area contributed by atoms with Gasteiger partial charge in [0, 0.05) is 0 Å². The Morgan fingerprint density at radius 1 is 1.30 bits per heavy atom. The van der Waals surface area contributed by atoms with Gasteiger partial charge in [-0.2, -0.15) is 5.26 Å². The van der Waals surface area contributed by atoms with Crippen molar-refractivity contribution in [3.63, 3.8) is 0 Å². The van der Waals surface area contributed by atoms with E-state index in [2.05, 4.69) is 0 Å². The fourth-order valence-electron chi connectivity index (χ4n) is 1.64. The zero-order chi connectivity index (χ0) is 15.0. The topological polar surface area (TPSA) is 67.2 Å². The molecule has 0 amide bonds. The fourth-order valence-corrected chi connectivity index (χ4v) is 3.23. The summed E-state index contributed by atoms with van der Waals surface area (Å²) in [4.78, 5) is 0. The smallest absolute Gasteiger partial charge is 0.150 e. The van der Waals surface area contributed by atoms with E-state index in [1.807, 2.05) is 19.9 Å². The van der Waals surface area contributed by atoms with Crippen LogP contribution in [0, 0.1) is 17.2 Å². The van der Waals surface area contributed by atoms with Crippen LogP contribution in [-0.4, -0.2) is 26.5 Å². The lowest BCUT2D eigenvalue weighted by Gasteiger charge is -2.08. The molecule has 0 unspecified atom stereocenters. The van der Waals surface area contributed by atoms with Gasteiger partial charge in [0.2, 0.25) is 0 Å². The molecule has 0 aliphatic carbocycles. The Morgan fingerprint density at radius 2 is 2.05 bits per heavy atom. The summed E-state index contributed by atoms with van der Waals surface area (Å²) in [7, 11) is -2.98. The number of nitrogens with zero attached hydrogens (tertiary/aromatic N) is 1. The third-order valence-electron chi connectivity index (χ3n) is 2.84. The Labute approximate surface area is 121 Å². The van der Waals surface area contributed by atoms with E-state index >= 15 is 0 Å². The van der Waals surface area contributed by atoms with Crippen LogP contribution in [0.5, 0.6) is 5.75 Å². The van der Waals surface area contributed by atoms with Crippen LogP contribution in [0.15, 0.2) is 24.3 Å². The van der Waals surface area contributed by atoms with Gasteiger partial charge in [-0.3, -0.25) is 0 Å². The van der Waals surface area contributed by atoms with Gasteiger partial charge in [0.05, 0.1) is 29.7 Å². The molecule has 0 N–H and O–H groups in total. The minimum Gasteiger partial charge on any atom is -0.494 e. The summed E-state index contributed by atoms with van der Waals surface area (Å²) in [5.41, 5.74) is 0.534. The predicted octanol–water partition coefficient (Wildman–Crippen LogP) is 2.79. The molecule has 110 valence electrons. The van der Waals surface area contributed by atoms with Crippen LogP contribution >= 0.6 is 0 Å². The van der Waals surface area contributed by atoms with Crippen LogP contribution in [0.2, 0.25) is 0 Å². The molecule has 1 aromatic rings. The van der Waals surface area contributed by atoms with Crippen molar-refractivity contribution in [2.24, 2.45) is 5.92 Å². The van der Waals surface area contributed by atoms with E-state index in [1.54, 1.807) is 24.3 Å².